The summed E-state index contributed by atoms with van der Waals surface area (Å²) in [6.07, 6.45) is 1.98. The number of thioether (sulfide) groups is 1. The lowest BCUT2D eigenvalue weighted by atomic mass is 9.90. The number of nitrogens with one attached hydrogen (secondary N) is 2. The number of piperazine rings is 1. The molecule has 6 rings (SSSR count). The quantitative estimate of drug-likeness (QED) is 0.262. The fourth-order valence-corrected chi connectivity index (χ4v) is 7.98. The van der Waals surface area contributed by atoms with E-state index < -0.39 is 10.8 Å². The van der Waals surface area contributed by atoms with Crippen molar-refractivity contribution in [1.29, 1.82) is 0 Å². The molecule has 2 N–H and O–H groups in total. The third-order valence-corrected chi connectivity index (χ3v) is 10.2. The van der Waals surface area contributed by atoms with Crippen LogP contribution in [0.2, 0.25) is 5.02 Å². The number of aromatic amines is 1. The summed E-state index contributed by atoms with van der Waals surface area (Å²) in [6, 6.07) is 23.0. The number of amides is 4. The van der Waals surface area contributed by atoms with Crippen LogP contribution in [0.1, 0.15) is 36.1 Å². The molecular formula is C34H36ClN5O3S. The van der Waals surface area contributed by atoms with Gasteiger partial charge in [-0.15, -0.1) is 11.8 Å². The highest BCUT2D eigenvalue weighted by atomic mass is 35.5. The maximum atomic E-state index is 15.0. The minimum atomic E-state index is -1.15. The molecule has 4 aromatic rings. The average molecular weight is 630 g/mol. The molecule has 4 amide bonds. The first-order chi connectivity index (χ1) is 21.3. The van der Waals surface area contributed by atoms with E-state index in [1.54, 1.807) is 4.90 Å². The number of carbonyl (C=O) groups excluding carboxylic acids is 3. The molecule has 0 radical (unpaired) electrons. The summed E-state index contributed by atoms with van der Waals surface area (Å²) in [5.74, 6) is -0.160. The molecule has 2 fully saturated rings. The van der Waals surface area contributed by atoms with Crippen LogP contribution in [0.15, 0.2) is 83.9 Å². The Morgan fingerprint density at radius 1 is 1.00 bits per heavy atom. The smallest absolute Gasteiger partial charge is 0.317 e. The Balaban J connectivity index is 1.46. The highest BCUT2D eigenvalue weighted by Gasteiger charge is 2.59. The van der Waals surface area contributed by atoms with E-state index in [2.05, 4.69) is 10.3 Å². The van der Waals surface area contributed by atoms with Crippen molar-refractivity contribution in [2.45, 2.75) is 42.5 Å². The van der Waals surface area contributed by atoms with Crippen molar-refractivity contribution in [2.75, 3.05) is 32.7 Å². The Hall–Kier alpha value is -3.95. The van der Waals surface area contributed by atoms with Gasteiger partial charge >= 0.3 is 6.03 Å². The number of aryl methyl sites for hydroxylation is 1. The molecule has 3 aromatic carbocycles. The number of fused-ring (bicyclic) bond motifs is 1. The second-order valence-corrected chi connectivity index (χ2v) is 13.3. The molecule has 2 saturated heterocycles. The number of nitrogens with zero attached hydrogens (tertiary/aromatic N) is 3. The van der Waals surface area contributed by atoms with E-state index in [4.69, 9.17) is 11.6 Å². The van der Waals surface area contributed by atoms with Crippen molar-refractivity contribution in [3.63, 3.8) is 0 Å². The van der Waals surface area contributed by atoms with Gasteiger partial charge in [0.05, 0.1) is 12.5 Å². The van der Waals surface area contributed by atoms with Crippen LogP contribution in [0.3, 0.4) is 0 Å². The number of hydrogen-bond acceptors (Lipinski definition) is 4. The Labute approximate surface area is 266 Å². The van der Waals surface area contributed by atoms with E-state index in [0.717, 1.165) is 32.5 Å². The number of rotatable bonds is 7. The van der Waals surface area contributed by atoms with Crippen LogP contribution in [0, 0.1) is 6.92 Å². The second-order valence-electron chi connectivity index (χ2n) is 11.4. The zero-order valence-corrected chi connectivity index (χ0v) is 26.5. The highest BCUT2D eigenvalue weighted by molar-refractivity contribution is 8.01. The van der Waals surface area contributed by atoms with Gasteiger partial charge < -0.3 is 25.0 Å². The van der Waals surface area contributed by atoms with E-state index in [9.17, 15) is 9.59 Å². The number of likely N-dealkylation sites (tertiary alicyclic amines) is 1. The van der Waals surface area contributed by atoms with E-state index >= 15 is 4.79 Å². The number of carbonyl (C=O) groups is 3. The molecule has 44 heavy (non-hydrogen) atoms. The van der Waals surface area contributed by atoms with Gasteiger partial charge in [0.25, 0.3) is 0 Å². The number of benzene rings is 3. The van der Waals surface area contributed by atoms with Crippen molar-refractivity contribution in [3.05, 3.63) is 101 Å². The van der Waals surface area contributed by atoms with Crippen LogP contribution in [0.25, 0.3) is 10.9 Å². The van der Waals surface area contributed by atoms with Gasteiger partial charge in [0.2, 0.25) is 11.8 Å². The molecule has 0 aliphatic carbocycles. The Morgan fingerprint density at radius 3 is 2.41 bits per heavy atom. The average Bonchev–Trinajstić information content (AvgIpc) is 3.56. The van der Waals surface area contributed by atoms with Gasteiger partial charge in [-0.25, -0.2) is 4.79 Å². The predicted molar refractivity (Wildman–Crippen MR) is 175 cm³/mol. The predicted octanol–water partition coefficient (Wildman–Crippen LogP) is 6.01. The number of aromatic nitrogens is 1. The summed E-state index contributed by atoms with van der Waals surface area (Å²) >= 11 is 7.82. The fraction of sp³-hybridized carbons (Fsp3) is 0.324. The molecule has 228 valence electrons. The van der Waals surface area contributed by atoms with Gasteiger partial charge in [0, 0.05) is 71.8 Å². The van der Waals surface area contributed by atoms with Gasteiger partial charge in [-0.2, -0.15) is 0 Å². The number of halogens is 1. The Kier molecular flexibility index (Phi) is 8.60. The van der Waals surface area contributed by atoms with E-state index in [-0.39, 0.29) is 24.3 Å². The Morgan fingerprint density at radius 2 is 1.70 bits per heavy atom. The first-order valence-corrected chi connectivity index (χ1v) is 16.2. The van der Waals surface area contributed by atoms with Crippen LogP contribution < -0.4 is 5.32 Å². The third-order valence-electron chi connectivity index (χ3n) is 8.52. The van der Waals surface area contributed by atoms with Crippen LogP contribution in [0.4, 0.5) is 4.79 Å². The first kappa shape index (κ1) is 30.1. The minimum absolute atomic E-state index is 0.0542. The van der Waals surface area contributed by atoms with Crippen LogP contribution >= 0.6 is 23.4 Å². The molecule has 3 heterocycles. The molecule has 1 aromatic heterocycles. The maximum Gasteiger partial charge on any atom is 0.317 e. The molecule has 2 aliphatic heterocycles. The van der Waals surface area contributed by atoms with Crippen molar-refractivity contribution in [1.82, 2.24) is 25.0 Å². The van der Waals surface area contributed by atoms with Crippen molar-refractivity contribution in [2.24, 2.45) is 0 Å². The molecule has 10 heteroatoms. The zero-order chi connectivity index (χ0) is 30.8. The van der Waals surface area contributed by atoms with E-state index in [0.29, 0.717) is 44.3 Å². The van der Waals surface area contributed by atoms with Crippen molar-refractivity contribution < 1.29 is 14.4 Å². The van der Waals surface area contributed by atoms with E-state index in [1.165, 1.54) is 11.8 Å². The topological polar surface area (TPSA) is 88.8 Å². The number of H-pyrrole nitrogens is 1. The van der Waals surface area contributed by atoms with Crippen LogP contribution in [-0.2, 0) is 16.1 Å². The van der Waals surface area contributed by atoms with Crippen LogP contribution in [-0.4, -0.2) is 75.0 Å². The molecule has 8 nitrogen and oxygen atoms in total. The normalized spacial score (nSPS) is 20.4. The first-order valence-electron chi connectivity index (χ1n) is 15.0. The summed E-state index contributed by atoms with van der Waals surface area (Å²) in [6.45, 7) is 6.50. The van der Waals surface area contributed by atoms with Crippen molar-refractivity contribution >= 4 is 52.1 Å². The summed E-state index contributed by atoms with van der Waals surface area (Å²) in [5, 5.41) is 4.39. The number of urea groups is 1. The SMILES string of the molecule is CCNC(=O)N1CCN(C(=O)C2(Sc3ccc(C)cc3)CC(=O)N(Cc3ccccc3)[C@H]2c2c[nH]c3cc(Cl)ccc23)CC1. The summed E-state index contributed by atoms with van der Waals surface area (Å²) < 4.78 is -1.15. The molecular weight excluding hydrogens is 594 g/mol. The van der Waals surface area contributed by atoms with Gasteiger partial charge in [-0.3, -0.25) is 9.59 Å². The molecule has 2 atom stereocenters. The molecule has 2 aliphatic rings. The standard InChI is InChI=1S/C34H36ClN5O3S/c1-3-36-33(43)39-17-15-38(16-18-39)32(42)34(44-26-12-9-23(2)10-13-26)20-30(41)40(22-24-7-5-4-6-8-24)31(34)28-21-37-29-19-25(35)11-14-27(28)29/h4-14,19,21,31,37H,3,15-18,20,22H2,1-2H3,(H,36,43)/t31-,34?/m0/s1. The highest BCUT2D eigenvalue weighted by Crippen LogP contribution is 2.55. The monoisotopic (exact) mass is 629 g/mol. The molecule has 1 unspecified atom stereocenters. The molecule has 0 bridgehead atoms. The second kappa shape index (κ2) is 12.6. The number of hydrogen-bond donors (Lipinski definition) is 2. The summed E-state index contributed by atoms with van der Waals surface area (Å²) in [5.41, 5.74) is 3.85. The van der Waals surface area contributed by atoms with Gasteiger partial charge in [0.15, 0.2) is 0 Å². The van der Waals surface area contributed by atoms with Gasteiger partial charge in [0.1, 0.15) is 4.75 Å². The largest absolute Gasteiger partial charge is 0.361 e. The molecule has 0 spiro atoms. The Bertz CT molecular complexity index is 1670. The lowest BCUT2D eigenvalue weighted by Crippen LogP contribution is -2.58. The lowest BCUT2D eigenvalue weighted by Gasteiger charge is -2.42. The third kappa shape index (κ3) is 5.78. The van der Waals surface area contributed by atoms with E-state index in [1.807, 2.05) is 103 Å². The molecule has 0 saturated carbocycles. The van der Waals surface area contributed by atoms with Gasteiger partial charge in [-0.1, -0.05) is 65.7 Å². The zero-order valence-electron chi connectivity index (χ0n) is 24.9. The fourth-order valence-electron chi connectivity index (χ4n) is 6.33. The summed E-state index contributed by atoms with van der Waals surface area (Å²) in [7, 11) is 0. The van der Waals surface area contributed by atoms with Crippen molar-refractivity contribution in [3.8, 4) is 0 Å². The maximum absolute atomic E-state index is 15.0. The van der Waals surface area contributed by atoms with Gasteiger partial charge in [-0.05, 0) is 43.7 Å². The summed E-state index contributed by atoms with van der Waals surface area (Å²) in [4.78, 5) is 51.5. The lowest BCUT2D eigenvalue weighted by molar-refractivity contribution is -0.136. The van der Waals surface area contributed by atoms with Crippen LogP contribution in [0.5, 0.6) is 0 Å². The minimum Gasteiger partial charge on any atom is -0.361 e.